The smallest absolute Gasteiger partial charge is 0.358 e. The third-order valence-electron chi connectivity index (χ3n) is 3.98. The van der Waals surface area contributed by atoms with Gasteiger partial charge in [0.25, 0.3) is 0 Å². The van der Waals surface area contributed by atoms with Crippen LogP contribution in [0.1, 0.15) is 32.0 Å². The van der Waals surface area contributed by atoms with Crippen LogP contribution in [0, 0.1) is 17.0 Å². The second-order valence-electron chi connectivity index (χ2n) is 5.31. The van der Waals surface area contributed by atoms with Gasteiger partial charge in [0.2, 0.25) is 11.6 Å². The van der Waals surface area contributed by atoms with Gasteiger partial charge in [0.05, 0.1) is 0 Å². The number of aromatic nitrogens is 2. The van der Waals surface area contributed by atoms with Gasteiger partial charge >= 0.3 is 5.82 Å². The Hall–Kier alpha value is -1.63. The normalized spacial score (nSPS) is 19.1. The van der Waals surface area contributed by atoms with Crippen molar-refractivity contribution in [3.63, 3.8) is 0 Å². The molecule has 7 heteroatoms. The second kappa shape index (κ2) is 6.21. The first-order valence-electron chi connectivity index (χ1n) is 7.20. The highest BCUT2D eigenvalue weighted by molar-refractivity contribution is 5.56. The number of nitro groups is 1. The van der Waals surface area contributed by atoms with Crippen LogP contribution in [0.5, 0.6) is 0 Å². The molecule has 2 heterocycles. The predicted molar refractivity (Wildman–Crippen MR) is 78.1 cm³/mol. The average Bonchev–Trinajstić information content (AvgIpc) is 2.74. The Morgan fingerprint density at radius 1 is 1.55 bits per heavy atom. The lowest BCUT2D eigenvalue weighted by atomic mass is 10.0. The zero-order chi connectivity index (χ0) is 14.7. The van der Waals surface area contributed by atoms with Crippen molar-refractivity contribution in [3.8, 4) is 0 Å². The molecule has 0 bridgehead atoms. The number of nitrogens with one attached hydrogen (secondary N) is 1. The minimum atomic E-state index is -0.390. The molecular formula is C13H23N5O2. The number of piperidine rings is 1. The van der Waals surface area contributed by atoms with Crippen LogP contribution in [-0.2, 0) is 7.05 Å². The molecule has 1 saturated heterocycles. The van der Waals surface area contributed by atoms with Crippen molar-refractivity contribution >= 4 is 11.6 Å². The number of aryl methyl sites for hydroxylation is 1. The van der Waals surface area contributed by atoms with E-state index in [1.165, 1.54) is 12.8 Å². The van der Waals surface area contributed by atoms with Crippen molar-refractivity contribution in [1.29, 1.82) is 0 Å². The van der Waals surface area contributed by atoms with E-state index < -0.39 is 0 Å². The molecule has 1 aromatic heterocycles. The fourth-order valence-corrected chi connectivity index (χ4v) is 2.77. The van der Waals surface area contributed by atoms with Crippen molar-refractivity contribution in [2.45, 2.75) is 39.2 Å². The summed E-state index contributed by atoms with van der Waals surface area (Å²) < 4.78 is 1.81. The van der Waals surface area contributed by atoms with E-state index in [9.17, 15) is 10.1 Å². The molecule has 1 unspecified atom stereocenters. The van der Waals surface area contributed by atoms with Crippen molar-refractivity contribution in [2.24, 2.45) is 7.05 Å². The van der Waals surface area contributed by atoms with Gasteiger partial charge in [0, 0.05) is 33.1 Å². The number of anilines is 1. The Bertz CT molecular complexity index is 479. The predicted octanol–water partition coefficient (Wildman–Crippen LogP) is 1.61. The quantitative estimate of drug-likeness (QED) is 0.655. The lowest BCUT2D eigenvalue weighted by Crippen LogP contribution is -2.44. The molecule has 0 spiro atoms. The molecular weight excluding hydrogens is 258 g/mol. The third-order valence-corrected chi connectivity index (χ3v) is 3.98. The zero-order valence-electron chi connectivity index (χ0n) is 12.4. The fourth-order valence-electron chi connectivity index (χ4n) is 2.77. The summed E-state index contributed by atoms with van der Waals surface area (Å²) in [5.41, 5.74) is 0. The van der Waals surface area contributed by atoms with Crippen LogP contribution in [0.25, 0.3) is 0 Å². The van der Waals surface area contributed by atoms with Gasteiger partial charge in [-0.2, -0.15) is 0 Å². The van der Waals surface area contributed by atoms with Crippen molar-refractivity contribution < 1.29 is 4.92 Å². The SMILES string of the molecule is CCN(CC1CCCCN1)c1c([N+](=O)[O-])nc(C)n1C. The number of rotatable bonds is 5. The number of hydrogen-bond acceptors (Lipinski definition) is 5. The molecule has 0 saturated carbocycles. The van der Waals surface area contributed by atoms with E-state index in [1.807, 2.05) is 18.5 Å². The zero-order valence-corrected chi connectivity index (χ0v) is 12.4. The monoisotopic (exact) mass is 281 g/mol. The van der Waals surface area contributed by atoms with Gasteiger partial charge in [-0.05, 0) is 36.2 Å². The van der Waals surface area contributed by atoms with Crippen LogP contribution in [0.4, 0.5) is 11.6 Å². The summed E-state index contributed by atoms with van der Waals surface area (Å²) in [5, 5.41) is 14.7. The van der Waals surface area contributed by atoms with Crippen LogP contribution in [-0.4, -0.2) is 40.2 Å². The van der Waals surface area contributed by atoms with Crippen molar-refractivity contribution in [3.05, 3.63) is 15.9 Å². The average molecular weight is 281 g/mol. The molecule has 0 aliphatic carbocycles. The van der Waals surface area contributed by atoms with E-state index in [0.717, 1.165) is 26.1 Å². The summed E-state index contributed by atoms with van der Waals surface area (Å²) in [6, 6.07) is 0.401. The Balaban J connectivity index is 2.24. The van der Waals surface area contributed by atoms with E-state index >= 15 is 0 Å². The number of likely N-dealkylation sites (N-methyl/N-ethyl adjacent to an activating group) is 1. The third kappa shape index (κ3) is 2.92. The van der Waals surface area contributed by atoms with Gasteiger partial charge in [-0.1, -0.05) is 6.42 Å². The molecule has 1 aliphatic rings. The van der Waals surface area contributed by atoms with Gasteiger partial charge in [-0.3, -0.25) is 4.57 Å². The van der Waals surface area contributed by atoms with Gasteiger partial charge in [0.15, 0.2) is 0 Å². The maximum Gasteiger partial charge on any atom is 0.406 e. The van der Waals surface area contributed by atoms with Crippen molar-refractivity contribution in [1.82, 2.24) is 14.9 Å². The molecule has 0 radical (unpaired) electrons. The molecule has 1 N–H and O–H groups in total. The van der Waals surface area contributed by atoms with E-state index in [-0.39, 0.29) is 10.7 Å². The Morgan fingerprint density at radius 3 is 2.85 bits per heavy atom. The summed E-state index contributed by atoms with van der Waals surface area (Å²) in [6.45, 7) is 6.38. The summed E-state index contributed by atoms with van der Waals surface area (Å²) >= 11 is 0. The van der Waals surface area contributed by atoms with Gasteiger partial charge in [-0.15, -0.1) is 0 Å². The summed E-state index contributed by atoms with van der Waals surface area (Å²) in [6.07, 6.45) is 3.57. The van der Waals surface area contributed by atoms with Gasteiger partial charge < -0.3 is 20.3 Å². The lowest BCUT2D eigenvalue weighted by molar-refractivity contribution is -0.388. The molecule has 0 amide bonds. The molecule has 7 nitrogen and oxygen atoms in total. The highest BCUT2D eigenvalue weighted by atomic mass is 16.6. The van der Waals surface area contributed by atoms with E-state index in [1.54, 1.807) is 6.92 Å². The molecule has 1 aliphatic heterocycles. The standard InChI is InChI=1S/C13H23N5O2/c1-4-17(9-11-7-5-6-8-14-11)13-12(18(19)20)15-10(2)16(13)3/h11,14H,4-9H2,1-3H3. The topological polar surface area (TPSA) is 76.2 Å². The van der Waals surface area contributed by atoms with E-state index in [2.05, 4.69) is 15.2 Å². The molecule has 1 atom stereocenters. The minimum Gasteiger partial charge on any atom is -0.358 e. The first kappa shape index (κ1) is 14.8. The number of nitrogens with zero attached hydrogens (tertiary/aromatic N) is 4. The molecule has 2 rings (SSSR count). The van der Waals surface area contributed by atoms with E-state index in [0.29, 0.717) is 17.7 Å². The van der Waals surface area contributed by atoms with Crippen LogP contribution in [0.2, 0.25) is 0 Å². The molecule has 0 aromatic carbocycles. The first-order chi connectivity index (χ1) is 9.54. The fraction of sp³-hybridized carbons (Fsp3) is 0.769. The number of hydrogen-bond donors (Lipinski definition) is 1. The van der Waals surface area contributed by atoms with E-state index in [4.69, 9.17) is 0 Å². The Labute approximate surface area is 119 Å². The molecule has 112 valence electrons. The molecule has 20 heavy (non-hydrogen) atoms. The van der Waals surface area contributed by atoms with Gasteiger partial charge in [0.1, 0.15) is 0 Å². The highest BCUT2D eigenvalue weighted by Crippen LogP contribution is 2.28. The summed E-state index contributed by atoms with van der Waals surface area (Å²) in [5.74, 6) is 1.24. The van der Waals surface area contributed by atoms with Crippen molar-refractivity contribution in [2.75, 3.05) is 24.5 Å². The molecule has 1 fully saturated rings. The Kier molecular flexibility index (Phi) is 4.59. The first-order valence-corrected chi connectivity index (χ1v) is 7.20. The van der Waals surface area contributed by atoms with Crippen LogP contribution < -0.4 is 10.2 Å². The van der Waals surface area contributed by atoms with Crippen LogP contribution in [0.15, 0.2) is 0 Å². The maximum absolute atomic E-state index is 11.2. The molecule has 1 aromatic rings. The second-order valence-corrected chi connectivity index (χ2v) is 5.31. The number of imidazole rings is 1. The summed E-state index contributed by atoms with van der Waals surface area (Å²) in [4.78, 5) is 16.9. The Morgan fingerprint density at radius 2 is 2.30 bits per heavy atom. The minimum absolute atomic E-state index is 0.0392. The van der Waals surface area contributed by atoms with Crippen LogP contribution >= 0.6 is 0 Å². The maximum atomic E-state index is 11.2. The lowest BCUT2D eigenvalue weighted by Gasteiger charge is -2.30. The summed E-state index contributed by atoms with van der Waals surface area (Å²) in [7, 11) is 1.83. The van der Waals surface area contributed by atoms with Gasteiger partial charge in [-0.25, -0.2) is 0 Å². The highest BCUT2D eigenvalue weighted by Gasteiger charge is 2.29. The van der Waals surface area contributed by atoms with Crippen LogP contribution in [0.3, 0.4) is 0 Å². The largest absolute Gasteiger partial charge is 0.406 e.